The first-order valence-corrected chi connectivity index (χ1v) is 14.9. The molecule has 0 fully saturated rings. The lowest BCUT2D eigenvalue weighted by Gasteiger charge is -2.31. The van der Waals surface area contributed by atoms with E-state index in [4.69, 9.17) is 18.6 Å². The molecular formula is C25H29N3O8Si. The molecule has 0 aliphatic heterocycles. The lowest BCUT2D eigenvalue weighted by atomic mass is 10.2. The average Bonchev–Trinajstić information content (AvgIpc) is 3.36. The van der Waals surface area contributed by atoms with Crippen LogP contribution in [0, 0.1) is 10.1 Å². The van der Waals surface area contributed by atoms with Gasteiger partial charge in [0.2, 0.25) is 0 Å². The summed E-state index contributed by atoms with van der Waals surface area (Å²) in [6.07, 6.45) is 0.953. The first kappa shape index (κ1) is 27.7. The highest BCUT2D eigenvalue weighted by atomic mass is 28.4. The van der Waals surface area contributed by atoms with Gasteiger partial charge in [-0.1, -0.05) is 41.4 Å². The van der Waals surface area contributed by atoms with Crippen molar-refractivity contribution in [2.45, 2.75) is 38.6 Å². The van der Waals surface area contributed by atoms with Crippen molar-refractivity contribution in [2.24, 2.45) is 0 Å². The number of rotatable bonds is 13. The van der Waals surface area contributed by atoms with Crippen LogP contribution in [0.1, 0.15) is 20.7 Å². The molecule has 37 heavy (non-hydrogen) atoms. The molecule has 0 aliphatic carbocycles. The lowest BCUT2D eigenvalue weighted by Crippen LogP contribution is -2.46. The van der Waals surface area contributed by atoms with Crippen LogP contribution in [0.3, 0.4) is 0 Å². The van der Waals surface area contributed by atoms with Crippen molar-refractivity contribution in [1.29, 1.82) is 0 Å². The van der Waals surface area contributed by atoms with Gasteiger partial charge in [-0.15, -0.1) is 0 Å². The van der Waals surface area contributed by atoms with E-state index in [-0.39, 0.29) is 19.9 Å². The van der Waals surface area contributed by atoms with E-state index < -0.39 is 43.3 Å². The smallest absolute Gasteiger partial charge is 0.436 e. The van der Waals surface area contributed by atoms with Gasteiger partial charge in [0, 0.05) is 0 Å². The molecule has 1 aromatic heterocycles. The Balaban J connectivity index is 1.79. The third-order valence-corrected chi connectivity index (χ3v) is 5.99. The Bertz CT molecular complexity index is 1180. The van der Waals surface area contributed by atoms with Gasteiger partial charge in [-0.3, -0.25) is 0 Å². The molecule has 196 valence electrons. The summed E-state index contributed by atoms with van der Waals surface area (Å²) in [5, 5.41) is 11.3. The Kier molecular flexibility index (Phi) is 9.66. The summed E-state index contributed by atoms with van der Waals surface area (Å²) in [6, 6.07) is 16.9. The van der Waals surface area contributed by atoms with E-state index in [0.717, 1.165) is 0 Å². The van der Waals surface area contributed by atoms with Crippen LogP contribution in [0.25, 0.3) is 0 Å². The van der Waals surface area contributed by atoms with Gasteiger partial charge in [-0.25, -0.2) is 14.2 Å². The second-order valence-corrected chi connectivity index (χ2v) is 13.4. The van der Waals surface area contributed by atoms with E-state index in [2.05, 4.69) is 4.98 Å². The molecule has 0 aliphatic rings. The Labute approximate surface area is 215 Å². The maximum absolute atomic E-state index is 12.6. The van der Waals surface area contributed by atoms with Gasteiger partial charge in [-0.05, 0) is 48.8 Å². The molecule has 3 aromatic rings. The Morgan fingerprint density at radius 2 is 1.43 bits per heavy atom. The molecule has 2 aromatic carbocycles. The van der Waals surface area contributed by atoms with Crippen molar-refractivity contribution in [3.8, 4) is 0 Å². The highest BCUT2D eigenvalue weighted by Crippen LogP contribution is 2.18. The first-order valence-electron chi connectivity index (χ1n) is 11.5. The molecule has 0 bridgehead atoms. The number of nitro groups is 1. The van der Waals surface area contributed by atoms with Gasteiger partial charge < -0.3 is 28.8 Å². The largest absolute Gasteiger partial charge is 0.459 e. The topological polar surface area (TPSA) is 132 Å². The van der Waals surface area contributed by atoms with Crippen molar-refractivity contribution < 1.29 is 33.1 Å². The molecule has 12 heteroatoms. The fourth-order valence-electron chi connectivity index (χ4n) is 3.32. The van der Waals surface area contributed by atoms with Crippen molar-refractivity contribution in [1.82, 2.24) is 9.55 Å². The Morgan fingerprint density at radius 3 is 1.92 bits per heavy atom. The van der Waals surface area contributed by atoms with Crippen LogP contribution in [0.15, 0.2) is 73.1 Å². The number of carbonyl (C=O) groups is 2. The Morgan fingerprint density at radius 1 is 0.919 bits per heavy atom. The summed E-state index contributed by atoms with van der Waals surface area (Å²) >= 11 is 0. The summed E-state index contributed by atoms with van der Waals surface area (Å²) in [7, 11) is -2.22. The van der Waals surface area contributed by atoms with E-state index in [9.17, 15) is 19.7 Å². The standard InChI is InChI=1S/C25H29N3O8Si/c1-37(2,3)36-22(17-34-24(30)20-12-8-5-9-13-20)21(16-33-23(29)19-10-6-4-7-11-19)35-18-27-15-14-26-25(27)28(31)32/h4-15,21-22H,16-18H2,1-3H3. The molecule has 0 spiro atoms. The lowest BCUT2D eigenvalue weighted by molar-refractivity contribution is -0.397. The van der Waals surface area contributed by atoms with Gasteiger partial charge in [-0.2, -0.15) is 0 Å². The van der Waals surface area contributed by atoms with Crippen LogP contribution in [0.5, 0.6) is 0 Å². The predicted octanol–water partition coefficient (Wildman–Crippen LogP) is 4.07. The zero-order valence-corrected chi connectivity index (χ0v) is 21.8. The van der Waals surface area contributed by atoms with Crippen LogP contribution in [0.2, 0.25) is 19.6 Å². The predicted molar refractivity (Wildman–Crippen MR) is 135 cm³/mol. The summed E-state index contributed by atoms with van der Waals surface area (Å²) in [4.78, 5) is 39.5. The maximum Gasteiger partial charge on any atom is 0.436 e. The van der Waals surface area contributed by atoms with Crippen molar-refractivity contribution in [2.75, 3.05) is 13.2 Å². The van der Waals surface area contributed by atoms with Gasteiger partial charge in [0.05, 0.1) is 11.1 Å². The number of ether oxygens (including phenoxy) is 3. The molecule has 0 amide bonds. The number of esters is 2. The maximum atomic E-state index is 12.6. The third-order valence-electron chi connectivity index (χ3n) is 4.98. The minimum absolute atomic E-state index is 0.183. The normalized spacial score (nSPS) is 12.9. The molecule has 0 N–H and O–H groups in total. The van der Waals surface area contributed by atoms with Crippen LogP contribution in [-0.2, 0) is 25.4 Å². The van der Waals surface area contributed by atoms with Crippen molar-refractivity contribution in [3.63, 3.8) is 0 Å². The summed E-state index contributed by atoms with van der Waals surface area (Å²) in [5.74, 6) is -1.52. The van der Waals surface area contributed by atoms with E-state index in [0.29, 0.717) is 11.1 Å². The quantitative estimate of drug-likeness (QED) is 0.140. The van der Waals surface area contributed by atoms with Crippen LogP contribution >= 0.6 is 0 Å². The number of imidazole rings is 1. The molecule has 3 rings (SSSR count). The summed E-state index contributed by atoms with van der Waals surface area (Å²) in [5.41, 5.74) is 0.723. The molecule has 0 radical (unpaired) electrons. The monoisotopic (exact) mass is 527 g/mol. The van der Waals surface area contributed by atoms with E-state index in [1.54, 1.807) is 60.7 Å². The minimum Gasteiger partial charge on any atom is -0.459 e. The van der Waals surface area contributed by atoms with Crippen LogP contribution in [0.4, 0.5) is 5.95 Å². The Hall–Kier alpha value is -3.87. The molecule has 1 heterocycles. The number of benzene rings is 2. The van der Waals surface area contributed by atoms with Gasteiger partial charge in [0.1, 0.15) is 37.8 Å². The highest BCUT2D eigenvalue weighted by Gasteiger charge is 2.32. The third kappa shape index (κ3) is 8.63. The summed E-state index contributed by atoms with van der Waals surface area (Å²) in [6.45, 7) is 5.17. The fourth-order valence-corrected chi connectivity index (χ4v) is 4.44. The highest BCUT2D eigenvalue weighted by molar-refractivity contribution is 6.69. The number of hydrogen-bond acceptors (Lipinski definition) is 9. The molecule has 2 atom stereocenters. The van der Waals surface area contributed by atoms with E-state index in [1.165, 1.54) is 17.0 Å². The fraction of sp³-hybridized carbons (Fsp3) is 0.320. The first-order chi connectivity index (χ1) is 17.6. The zero-order chi connectivity index (χ0) is 26.8. The zero-order valence-electron chi connectivity index (χ0n) is 20.8. The van der Waals surface area contributed by atoms with E-state index in [1.807, 2.05) is 19.6 Å². The number of nitrogens with zero attached hydrogens (tertiary/aromatic N) is 3. The molecule has 0 saturated heterocycles. The molecule has 0 saturated carbocycles. The molecule has 11 nitrogen and oxygen atoms in total. The van der Waals surface area contributed by atoms with Crippen LogP contribution in [-0.4, -0.2) is 60.2 Å². The number of aromatic nitrogens is 2. The van der Waals surface area contributed by atoms with Crippen LogP contribution < -0.4 is 0 Å². The average molecular weight is 528 g/mol. The second kappa shape index (κ2) is 12.9. The molecule has 2 unspecified atom stereocenters. The summed E-state index contributed by atoms with van der Waals surface area (Å²) < 4.78 is 24.4. The minimum atomic E-state index is -2.22. The van der Waals surface area contributed by atoms with Gasteiger partial charge in [0.25, 0.3) is 0 Å². The number of hydrogen-bond donors (Lipinski definition) is 0. The van der Waals surface area contributed by atoms with Gasteiger partial charge in [0.15, 0.2) is 15.0 Å². The molecular weight excluding hydrogens is 498 g/mol. The van der Waals surface area contributed by atoms with Crippen molar-refractivity contribution in [3.05, 3.63) is 94.3 Å². The van der Waals surface area contributed by atoms with Crippen molar-refractivity contribution >= 4 is 26.2 Å². The van der Waals surface area contributed by atoms with E-state index >= 15 is 0 Å². The second-order valence-electron chi connectivity index (χ2n) is 8.99. The van der Waals surface area contributed by atoms with Gasteiger partial charge >= 0.3 is 17.9 Å². The number of carbonyl (C=O) groups excluding carboxylic acids is 2. The SMILES string of the molecule is C[Si](C)(C)OC(COC(=O)c1ccccc1)C(COC(=O)c1ccccc1)OCn1ccnc1[N+](=O)[O-].